The third-order valence-corrected chi connectivity index (χ3v) is 4.40. The number of ether oxygens (including phenoxy) is 1. The van der Waals surface area contributed by atoms with E-state index in [1.807, 2.05) is 18.3 Å². The number of pyridine rings is 1. The van der Waals surface area contributed by atoms with Crippen molar-refractivity contribution in [3.05, 3.63) is 41.6 Å². The quantitative estimate of drug-likeness (QED) is 0.852. The van der Waals surface area contributed by atoms with Gasteiger partial charge in [0.2, 0.25) is 5.88 Å². The number of methoxy groups -OCH3 is 1. The van der Waals surface area contributed by atoms with Crippen LogP contribution in [0.25, 0.3) is 0 Å². The van der Waals surface area contributed by atoms with Crippen molar-refractivity contribution in [3.8, 4) is 5.88 Å². The highest BCUT2D eigenvalue weighted by atomic mass is 16.5. The Bertz CT molecular complexity index is 740. The summed E-state index contributed by atoms with van der Waals surface area (Å²) in [5.74, 6) is 1.51. The smallest absolute Gasteiger partial charge is 0.273 e. The molecule has 0 spiro atoms. The molecule has 0 radical (unpaired) electrons. The first kappa shape index (κ1) is 16.4. The number of hydrogen-bond acceptors (Lipinski definition) is 5. The van der Waals surface area contributed by atoms with Gasteiger partial charge in [0.15, 0.2) is 0 Å². The van der Waals surface area contributed by atoms with Gasteiger partial charge < -0.3 is 14.2 Å². The summed E-state index contributed by atoms with van der Waals surface area (Å²) in [6.45, 7) is 4.56. The minimum absolute atomic E-state index is 0.0652. The number of imidazole rings is 1. The van der Waals surface area contributed by atoms with Gasteiger partial charge in [0.25, 0.3) is 5.91 Å². The molecule has 0 N–H and O–H groups in total. The van der Waals surface area contributed by atoms with Crippen molar-refractivity contribution in [3.63, 3.8) is 0 Å². The SMILES string of the molecule is COc1ncccc1CN1CCn2cc(C(=O)N(C)C)nc2[C@@H]1C. The lowest BCUT2D eigenvalue weighted by atomic mass is 10.1. The number of nitrogens with zero attached hydrogens (tertiary/aromatic N) is 5. The minimum Gasteiger partial charge on any atom is -0.481 e. The molecule has 2 aromatic heterocycles. The Kier molecular flexibility index (Phi) is 4.53. The number of carbonyl (C=O) groups excluding carboxylic acids is 1. The van der Waals surface area contributed by atoms with Crippen LogP contribution >= 0.6 is 0 Å². The van der Waals surface area contributed by atoms with Crippen LogP contribution in [0.15, 0.2) is 24.5 Å². The molecule has 0 saturated heterocycles. The van der Waals surface area contributed by atoms with Gasteiger partial charge in [0, 0.05) is 51.7 Å². The Labute approximate surface area is 141 Å². The fourth-order valence-electron chi connectivity index (χ4n) is 3.03. The van der Waals surface area contributed by atoms with E-state index >= 15 is 0 Å². The molecule has 1 amide bonds. The first-order chi connectivity index (χ1) is 11.5. The number of aromatic nitrogens is 3. The molecule has 1 atom stereocenters. The summed E-state index contributed by atoms with van der Waals surface area (Å²) in [7, 11) is 5.12. The molecule has 24 heavy (non-hydrogen) atoms. The molecule has 0 saturated carbocycles. The van der Waals surface area contributed by atoms with Gasteiger partial charge in [-0.25, -0.2) is 9.97 Å². The van der Waals surface area contributed by atoms with Crippen molar-refractivity contribution >= 4 is 5.91 Å². The van der Waals surface area contributed by atoms with Crippen LogP contribution in [0.1, 0.15) is 34.8 Å². The van der Waals surface area contributed by atoms with E-state index in [2.05, 4.69) is 26.4 Å². The molecule has 0 aliphatic carbocycles. The maximum absolute atomic E-state index is 12.1. The van der Waals surface area contributed by atoms with E-state index in [1.165, 1.54) is 0 Å². The van der Waals surface area contributed by atoms with Crippen molar-refractivity contribution in [1.82, 2.24) is 24.3 Å². The van der Waals surface area contributed by atoms with Gasteiger partial charge in [-0.15, -0.1) is 0 Å². The molecule has 0 aromatic carbocycles. The van der Waals surface area contributed by atoms with Crippen LogP contribution in [0.2, 0.25) is 0 Å². The van der Waals surface area contributed by atoms with Crippen molar-refractivity contribution in [2.45, 2.75) is 26.1 Å². The fraction of sp³-hybridized carbons (Fsp3) is 0.471. The Morgan fingerprint density at radius 2 is 2.21 bits per heavy atom. The molecule has 0 unspecified atom stereocenters. The van der Waals surface area contributed by atoms with Crippen LogP contribution < -0.4 is 4.74 Å². The second kappa shape index (κ2) is 6.60. The lowest BCUT2D eigenvalue weighted by Gasteiger charge is -2.33. The van der Waals surface area contributed by atoms with Crippen LogP contribution in [0.5, 0.6) is 5.88 Å². The lowest BCUT2D eigenvalue weighted by Crippen LogP contribution is -2.36. The largest absolute Gasteiger partial charge is 0.481 e. The molecule has 128 valence electrons. The zero-order valence-electron chi connectivity index (χ0n) is 14.6. The molecule has 1 aliphatic heterocycles. The monoisotopic (exact) mass is 329 g/mol. The van der Waals surface area contributed by atoms with Gasteiger partial charge in [-0.1, -0.05) is 6.07 Å². The zero-order chi connectivity index (χ0) is 17.3. The van der Waals surface area contributed by atoms with E-state index in [0.29, 0.717) is 11.6 Å². The van der Waals surface area contributed by atoms with Crippen molar-refractivity contribution < 1.29 is 9.53 Å². The number of rotatable bonds is 4. The van der Waals surface area contributed by atoms with Crippen molar-refractivity contribution in [2.75, 3.05) is 27.7 Å². The molecule has 2 aromatic rings. The molecule has 0 bridgehead atoms. The van der Waals surface area contributed by atoms with Gasteiger partial charge >= 0.3 is 0 Å². The zero-order valence-corrected chi connectivity index (χ0v) is 14.6. The maximum Gasteiger partial charge on any atom is 0.273 e. The molecule has 0 fully saturated rings. The molecule has 7 nitrogen and oxygen atoms in total. The summed E-state index contributed by atoms with van der Waals surface area (Å²) in [5, 5.41) is 0. The first-order valence-electron chi connectivity index (χ1n) is 8.02. The summed E-state index contributed by atoms with van der Waals surface area (Å²) < 4.78 is 7.43. The summed E-state index contributed by atoms with van der Waals surface area (Å²) in [6, 6.07) is 4.06. The van der Waals surface area contributed by atoms with E-state index in [-0.39, 0.29) is 11.9 Å². The third-order valence-electron chi connectivity index (χ3n) is 4.40. The number of fused-ring (bicyclic) bond motifs is 1. The van der Waals surface area contributed by atoms with Gasteiger partial charge in [-0.3, -0.25) is 9.69 Å². The predicted octanol–water partition coefficient (Wildman–Crippen LogP) is 1.57. The highest BCUT2D eigenvalue weighted by Gasteiger charge is 2.28. The van der Waals surface area contributed by atoms with Gasteiger partial charge in [0.1, 0.15) is 11.5 Å². The number of hydrogen-bond donors (Lipinski definition) is 0. The molecular weight excluding hydrogens is 306 g/mol. The van der Waals surface area contributed by atoms with Crippen LogP contribution in [-0.4, -0.2) is 58.0 Å². The highest BCUT2D eigenvalue weighted by molar-refractivity contribution is 5.91. The second-order valence-corrected chi connectivity index (χ2v) is 6.20. The Morgan fingerprint density at radius 1 is 1.42 bits per heavy atom. The molecule has 7 heteroatoms. The van der Waals surface area contributed by atoms with Crippen LogP contribution in [0.3, 0.4) is 0 Å². The van der Waals surface area contributed by atoms with Gasteiger partial charge in [-0.05, 0) is 13.0 Å². The third kappa shape index (κ3) is 2.99. The van der Waals surface area contributed by atoms with E-state index in [4.69, 9.17) is 4.74 Å². The summed E-state index contributed by atoms with van der Waals surface area (Å²) in [6.07, 6.45) is 3.59. The Morgan fingerprint density at radius 3 is 2.92 bits per heavy atom. The van der Waals surface area contributed by atoms with E-state index in [1.54, 1.807) is 32.3 Å². The van der Waals surface area contributed by atoms with Crippen molar-refractivity contribution in [1.29, 1.82) is 0 Å². The standard InChI is InChI=1S/C17H23N5O2/c1-12-15-19-14(17(23)20(2)3)11-22(15)9-8-21(12)10-13-6-5-7-18-16(13)24-4/h5-7,11-12H,8-10H2,1-4H3/t12-/m0/s1. The number of amides is 1. The average Bonchev–Trinajstić information content (AvgIpc) is 3.02. The lowest BCUT2D eigenvalue weighted by molar-refractivity contribution is 0.0822. The molecule has 3 rings (SSSR count). The summed E-state index contributed by atoms with van der Waals surface area (Å²) >= 11 is 0. The molecular formula is C17H23N5O2. The molecule has 1 aliphatic rings. The van der Waals surface area contributed by atoms with Gasteiger partial charge in [-0.2, -0.15) is 0 Å². The fourth-order valence-corrected chi connectivity index (χ4v) is 3.03. The van der Waals surface area contributed by atoms with E-state index < -0.39 is 0 Å². The van der Waals surface area contributed by atoms with Crippen LogP contribution in [0, 0.1) is 0 Å². The highest BCUT2D eigenvalue weighted by Crippen LogP contribution is 2.28. The molecule has 3 heterocycles. The van der Waals surface area contributed by atoms with Crippen LogP contribution in [0.4, 0.5) is 0 Å². The normalized spacial score (nSPS) is 17.4. The van der Waals surface area contributed by atoms with E-state index in [0.717, 1.165) is 31.0 Å². The maximum atomic E-state index is 12.1. The topological polar surface area (TPSA) is 63.5 Å². The summed E-state index contributed by atoms with van der Waals surface area (Å²) in [5.41, 5.74) is 1.55. The average molecular weight is 329 g/mol. The second-order valence-electron chi connectivity index (χ2n) is 6.20. The minimum atomic E-state index is -0.0652. The summed E-state index contributed by atoms with van der Waals surface area (Å²) in [4.78, 5) is 24.8. The van der Waals surface area contributed by atoms with Crippen LogP contribution in [-0.2, 0) is 13.1 Å². The first-order valence-corrected chi connectivity index (χ1v) is 8.02. The predicted molar refractivity (Wildman–Crippen MR) is 89.9 cm³/mol. The van der Waals surface area contributed by atoms with Gasteiger partial charge in [0.05, 0.1) is 13.2 Å². The van der Waals surface area contributed by atoms with E-state index in [9.17, 15) is 4.79 Å². The Balaban J connectivity index is 1.82. The van der Waals surface area contributed by atoms with Crippen molar-refractivity contribution in [2.24, 2.45) is 0 Å². The Hall–Kier alpha value is -2.41. The number of carbonyl (C=O) groups is 1.